The summed E-state index contributed by atoms with van der Waals surface area (Å²) in [5, 5.41) is 10.4. The quantitative estimate of drug-likeness (QED) is 0.846. The van der Waals surface area contributed by atoms with Crippen molar-refractivity contribution in [2.24, 2.45) is 0 Å². The molecule has 100 valence electrons. The van der Waals surface area contributed by atoms with E-state index < -0.39 is 6.10 Å². The van der Waals surface area contributed by atoms with Gasteiger partial charge in [0.15, 0.2) is 0 Å². The van der Waals surface area contributed by atoms with Crippen molar-refractivity contribution in [1.82, 2.24) is 0 Å². The number of thiophene rings is 1. The van der Waals surface area contributed by atoms with E-state index in [1.54, 1.807) is 23.5 Å². The van der Waals surface area contributed by atoms with Gasteiger partial charge in [-0.3, -0.25) is 0 Å². The topological polar surface area (TPSA) is 20.2 Å². The molecule has 1 atom stereocenters. The molecule has 4 heteroatoms. The van der Waals surface area contributed by atoms with Crippen molar-refractivity contribution >= 4 is 27.3 Å². The normalized spacial score (nSPS) is 16.2. The number of halogens is 2. The summed E-state index contributed by atoms with van der Waals surface area (Å²) < 4.78 is 13.6. The Labute approximate surface area is 124 Å². The van der Waals surface area contributed by atoms with Gasteiger partial charge >= 0.3 is 0 Å². The molecule has 0 aliphatic heterocycles. The monoisotopic (exact) mass is 340 g/mol. The zero-order chi connectivity index (χ0) is 13.4. The zero-order valence-corrected chi connectivity index (χ0v) is 12.7. The number of aryl methyl sites for hydroxylation is 2. The molecule has 1 heterocycles. The van der Waals surface area contributed by atoms with E-state index in [1.807, 2.05) is 0 Å². The van der Waals surface area contributed by atoms with Gasteiger partial charge in [0.1, 0.15) is 11.9 Å². The first-order valence-corrected chi connectivity index (χ1v) is 8.00. The maximum atomic E-state index is 13.2. The van der Waals surface area contributed by atoms with Gasteiger partial charge < -0.3 is 5.11 Å². The number of hydrogen-bond donors (Lipinski definition) is 1. The molecule has 19 heavy (non-hydrogen) atoms. The molecule has 0 radical (unpaired) electrons. The van der Waals surface area contributed by atoms with Gasteiger partial charge in [-0.1, -0.05) is 6.07 Å². The summed E-state index contributed by atoms with van der Waals surface area (Å²) in [5.41, 5.74) is 2.11. The van der Waals surface area contributed by atoms with Crippen LogP contribution in [0.25, 0.3) is 0 Å². The summed E-state index contributed by atoms with van der Waals surface area (Å²) in [5.74, 6) is -0.304. The number of aliphatic hydroxyl groups is 1. The lowest BCUT2D eigenvalue weighted by Gasteiger charge is -2.09. The van der Waals surface area contributed by atoms with E-state index in [-0.39, 0.29) is 5.82 Å². The molecule has 0 spiro atoms. The third kappa shape index (κ3) is 2.62. The Hall–Kier alpha value is -0.710. The summed E-state index contributed by atoms with van der Waals surface area (Å²) >= 11 is 4.85. The van der Waals surface area contributed by atoms with Crippen LogP contribution < -0.4 is 0 Å². The summed E-state index contributed by atoms with van der Waals surface area (Å²) in [4.78, 5) is 2.37. The highest BCUT2D eigenvalue weighted by atomic mass is 79.9. The number of fused-ring (bicyclic) bond motifs is 1. The molecule has 1 aromatic carbocycles. The van der Waals surface area contributed by atoms with Gasteiger partial charge in [0.05, 0.1) is 4.47 Å². The maximum absolute atomic E-state index is 13.2. The third-order valence-electron chi connectivity index (χ3n) is 3.54. The van der Waals surface area contributed by atoms with Crippen LogP contribution in [0.5, 0.6) is 0 Å². The molecular formula is C15H14BrFOS. The van der Waals surface area contributed by atoms with Crippen LogP contribution in [-0.2, 0) is 12.8 Å². The highest BCUT2D eigenvalue weighted by Crippen LogP contribution is 2.36. The zero-order valence-electron chi connectivity index (χ0n) is 10.3. The van der Waals surface area contributed by atoms with E-state index in [0.29, 0.717) is 4.47 Å². The first kappa shape index (κ1) is 13.3. The van der Waals surface area contributed by atoms with Gasteiger partial charge in [-0.25, -0.2) is 4.39 Å². The minimum absolute atomic E-state index is 0.304. The SMILES string of the molecule is OC(c1ccc(F)c(Br)c1)c1cc2c(s1)CCCC2. The first-order valence-electron chi connectivity index (χ1n) is 6.39. The van der Waals surface area contributed by atoms with Crippen molar-refractivity contribution in [2.75, 3.05) is 0 Å². The van der Waals surface area contributed by atoms with E-state index in [4.69, 9.17) is 0 Å². The van der Waals surface area contributed by atoms with Gasteiger partial charge in [-0.05, 0) is 70.9 Å². The van der Waals surface area contributed by atoms with Gasteiger partial charge in [-0.15, -0.1) is 11.3 Å². The molecule has 1 aliphatic rings. The lowest BCUT2D eigenvalue weighted by atomic mass is 9.98. The van der Waals surface area contributed by atoms with Crippen molar-refractivity contribution in [3.63, 3.8) is 0 Å². The number of benzene rings is 1. The molecule has 1 nitrogen and oxygen atoms in total. The fourth-order valence-electron chi connectivity index (χ4n) is 2.50. The molecule has 1 unspecified atom stereocenters. The Balaban J connectivity index is 1.92. The Morgan fingerprint density at radius 2 is 2.00 bits per heavy atom. The Bertz CT molecular complexity index is 585. The molecule has 0 saturated heterocycles. The second kappa shape index (κ2) is 5.35. The highest BCUT2D eigenvalue weighted by molar-refractivity contribution is 9.10. The highest BCUT2D eigenvalue weighted by Gasteiger charge is 2.19. The molecule has 1 aliphatic carbocycles. The van der Waals surface area contributed by atoms with E-state index in [0.717, 1.165) is 23.3 Å². The summed E-state index contributed by atoms with van der Waals surface area (Å²) in [7, 11) is 0. The molecule has 0 amide bonds. The van der Waals surface area contributed by atoms with Crippen LogP contribution in [0, 0.1) is 5.82 Å². The molecule has 0 saturated carbocycles. The van der Waals surface area contributed by atoms with Crippen LogP contribution in [0.3, 0.4) is 0 Å². The van der Waals surface area contributed by atoms with Crippen LogP contribution in [-0.4, -0.2) is 5.11 Å². The third-order valence-corrected chi connectivity index (χ3v) is 5.44. The van der Waals surface area contributed by atoms with E-state index in [2.05, 4.69) is 22.0 Å². The van der Waals surface area contributed by atoms with Crippen LogP contribution in [0.1, 0.15) is 39.8 Å². The van der Waals surface area contributed by atoms with Gasteiger partial charge in [0, 0.05) is 9.75 Å². The number of hydrogen-bond acceptors (Lipinski definition) is 2. The van der Waals surface area contributed by atoms with Crippen molar-refractivity contribution < 1.29 is 9.50 Å². The molecule has 0 fully saturated rings. The van der Waals surface area contributed by atoms with Crippen molar-refractivity contribution in [2.45, 2.75) is 31.8 Å². The Morgan fingerprint density at radius 3 is 2.74 bits per heavy atom. The van der Waals surface area contributed by atoms with E-state index >= 15 is 0 Å². The average molecular weight is 341 g/mol. The summed E-state index contributed by atoms with van der Waals surface area (Å²) in [6.07, 6.45) is 4.06. The molecule has 1 N–H and O–H groups in total. The fraction of sp³-hybridized carbons (Fsp3) is 0.333. The Morgan fingerprint density at radius 1 is 1.21 bits per heavy atom. The van der Waals surface area contributed by atoms with Crippen molar-refractivity contribution in [3.05, 3.63) is 55.4 Å². The minimum Gasteiger partial charge on any atom is -0.383 e. The van der Waals surface area contributed by atoms with Gasteiger partial charge in [0.25, 0.3) is 0 Å². The van der Waals surface area contributed by atoms with Crippen LogP contribution in [0.2, 0.25) is 0 Å². The average Bonchev–Trinajstić information content (AvgIpc) is 2.85. The molecule has 3 rings (SSSR count). The second-order valence-electron chi connectivity index (χ2n) is 4.88. The predicted octanol–water partition coefficient (Wildman–Crippen LogP) is 4.61. The Kier molecular flexibility index (Phi) is 3.74. The predicted molar refractivity (Wildman–Crippen MR) is 79.1 cm³/mol. The summed E-state index contributed by atoms with van der Waals surface area (Å²) in [6, 6.07) is 6.79. The number of aliphatic hydroxyl groups excluding tert-OH is 1. The van der Waals surface area contributed by atoms with Gasteiger partial charge in [-0.2, -0.15) is 0 Å². The fourth-order valence-corrected chi connectivity index (χ4v) is 4.16. The first-order chi connectivity index (χ1) is 9.15. The van der Waals surface area contributed by atoms with Crippen molar-refractivity contribution in [3.8, 4) is 0 Å². The lowest BCUT2D eigenvalue weighted by molar-refractivity contribution is 0.224. The maximum Gasteiger partial charge on any atom is 0.137 e. The second-order valence-corrected chi connectivity index (χ2v) is 6.90. The van der Waals surface area contributed by atoms with E-state index in [1.165, 1.54) is 29.3 Å². The van der Waals surface area contributed by atoms with Crippen LogP contribution >= 0.6 is 27.3 Å². The van der Waals surface area contributed by atoms with E-state index in [9.17, 15) is 9.50 Å². The largest absolute Gasteiger partial charge is 0.383 e. The summed E-state index contributed by atoms with van der Waals surface area (Å²) in [6.45, 7) is 0. The van der Waals surface area contributed by atoms with Crippen molar-refractivity contribution in [1.29, 1.82) is 0 Å². The molecular weight excluding hydrogens is 327 g/mol. The standard InChI is InChI=1S/C15H14BrFOS/c16-11-7-10(5-6-12(11)17)15(18)14-8-9-3-1-2-4-13(9)19-14/h5-8,15,18H,1-4H2. The van der Waals surface area contributed by atoms with Crippen LogP contribution in [0.4, 0.5) is 4.39 Å². The molecule has 0 bridgehead atoms. The van der Waals surface area contributed by atoms with Crippen LogP contribution in [0.15, 0.2) is 28.7 Å². The molecule has 2 aromatic rings. The van der Waals surface area contributed by atoms with Gasteiger partial charge in [0.2, 0.25) is 0 Å². The lowest BCUT2D eigenvalue weighted by Crippen LogP contribution is -1.98. The molecule has 1 aromatic heterocycles. The number of rotatable bonds is 2. The smallest absolute Gasteiger partial charge is 0.137 e. The minimum atomic E-state index is -0.660.